The molecule has 0 saturated carbocycles. The molecule has 120 valence electrons. The molecule has 23 heavy (non-hydrogen) atoms. The number of allylic oxidation sites excluding steroid dienone is 1. The zero-order chi connectivity index (χ0) is 16.8. The molecule has 2 aromatic carbocycles. The van der Waals surface area contributed by atoms with Gasteiger partial charge in [0, 0.05) is 17.8 Å². The molecule has 0 spiro atoms. The van der Waals surface area contributed by atoms with Gasteiger partial charge in [0.05, 0.1) is 24.9 Å². The van der Waals surface area contributed by atoms with E-state index >= 15 is 0 Å². The number of carbonyl (C=O) groups excluding carboxylic acids is 1. The van der Waals surface area contributed by atoms with Gasteiger partial charge >= 0.3 is 0 Å². The summed E-state index contributed by atoms with van der Waals surface area (Å²) < 4.78 is 10.3. The summed E-state index contributed by atoms with van der Waals surface area (Å²) in [5.41, 5.74) is 2.34. The average molecular weight is 332 g/mol. The van der Waals surface area contributed by atoms with Crippen molar-refractivity contribution in [2.75, 3.05) is 19.5 Å². The maximum absolute atomic E-state index is 12.2. The molecular formula is C18H18ClNO3. The standard InChI is InChI=1S/C18H18ClNO3/c1-12-4-6-14(19)15(10-12)20-9-8-16(21)13-5-7-17(22-2)18(11-13)23-3/h4-11,20H,1-3H3/b9-8+. The van der Waals surface area contributed by atoms with Crippen molar-refractivity contribution >= 4 is 23.1 Å². The van der Waals surface area contributed by atoms with E-state index in [2.05, 4.69) is 5.32 Å². The van der Waals surface area contributed by atoms with Crippen LogP contribution in [0.1, 0.15) is 15.9 Å². The summed E-state index contributed by atoms with van der Waals surface area (Å²) in [4.78, 5) is 12.2. The molecule has 0 saturated heterocycles. The molecule has 0 aromatic heterocycles. The first-order valence-corrected chi connectivity index (χ1v) is 7.38. The number of hydrogen-bond acceptors (Lipinski definition) is 4. The third kappa shape index (κ3) is 4.27. The normalized spacial score (nSPS) is 10.6. The van der Waals surface area contributed by atoms with Crippen LogP contribution in [-0.2, 0) is 0 Å². The van der Waals surface area contributed by atoms with Gasteiger partial charge in [-0.15, -0.1) is 0 Å². The highest BCUT2D eigenvalue weighted by atomic mass is 35.5. The molecule has 5 heteroatoms. The zero-order valence-corrected chi connectivity index (χ0v) is 14.0. The van der Waals surface area contributed by atoms with Crippen LogP contribution in [0.3, 0.4) is 0 Å². The van der Waals surface area contributed by atoms with Crippen molar-refractivity contribution in [3.05, 3.63) is 64.8 Å². The van der Waals surface area contributed by atoms with Crippen molar-refractivity contribution in [2.45, 2.75) is 6.92 Å². The SMILES string of the molecule is COc1ccc(C(=O)/C=C/Nc2cc(C)ccc2Cl)cc1OC. The molecule has 0 atom stereocenters. The third-order valence-electron chi connectivity index (χ3n) is 3.26. The van der Waals surface area contributed by atoms with Gasteiger partial charge < -0.3 is 14.8 Å². The van der Waals surface area contributed by atoms with Crippen LogP contribution in [-0.4, -0.2) is 20.0 Å². The van der Waals surface area contributed by atoms with E-state index in [0.717, 1.165) is 11.3 Å². The van der Waals surface area contributed by atoms with Crippen LogP contribution in [0.15, 0.2) is 48.7 Å². The highest BCUT2D eigenvalue weighted by molar-refractivity contribution is 6.33. The maximum atomic E-state index is 12.2. The number of ether oxygens (including phenoxy) is 2. The predicted molar refractivity (Wildman–Crippen MR) is 92.8 cm³/mol. The summed E-state index contributed by atoms with van der Waals surface area (Å²) in [5, 5.41) is 3.61. The van der Waals surface area contributed by atoms with Crippen molar-refractivity contribution < 1.29 is 14.3 Å². The number of aryl methyl sites for hydroxylation is 1. The number of halogens is 1. The summed E-state index contributed by atoms with van der Waals surface area (Å²) in [6.45, 7) is 1.97. The Kier molecular flexibility index (Phi) is 5.66. The van der Waals surface area contributed by atoms with E-state index in [9.17, 15) is 4.79 Å². The van der Waals surface area contributed by atoms with E-state index in [-0.39, 0.29) is 5.78 Å². The number of ketones is 1. The van der Waals surface area contributed by atoms with Gasteiger partial charge in [0.25, 0.3) is 0 Å². The van der Waals surface area contributed by atoms with Crippen LogP contribution in [0, 0.1) is 6.92 Å². The second-order valence-corrected chi connectivity index (χ2v) is 5.30. The Labute approximate surface area is 140 Å². The molecule has 2 rings (SSSR count). The molecule has 0 radical (unpaired) electrons. The molecule has 2 aromatic rings. The topological polar surface area (TPSA) is 47.6 Å². The lowest BCUT2D eigenvalue weighted by Gasteiger charge is -2.08. The molecule has 0 bridgehead atoms. The molecule has 0 amide bonds. The first-order valence-electron chi connectivity index (χ1n) is 7.00. The fourth-order valence-corrected chi connectivity index (χ4v) is 2.21. The second-order valence-electron chi connectivity index (χ2n) is 4.89. The lowest BCUT2D eigenvalue weighted by Crippen LogP contribution is -1.99. The molecular weight excluding hydrogens is 314 g/mol. The Hall–Kier alpha value is -2.46. The highest BCUT2D eigenvalue weighted by Crippen LogP contribution is 2.28. The van der Waals surface area contributed by atoms with Gasteiger partial charge in [0.1, 0.15) is 0 Å². The van der Waals surface area contributed by atoms with E-state index in [0.29, 0.717) is 22.1 Å². The van der Waals surface area contributed by atoms with E-state index in [1.807, 2.05) is 25.1 Å². The molecule has 0 aliphatic heterocycles. The Balaban J connectivity index is 2.11. The zero-order valence-electron chi connectivity index (χ0n) is 13.2. The van der Waals surface area contributed by atoms with Gasteiger partial charge in [-0.25, -0.2) is 0 Å². The molecule has 0 aliphatic rings. The lowest BCUT2D eigenvalue weighted by molar-refractivity contribution is 0.104. The second kappa shape index (κ2) is 7.70. The number of nitrogens with one attached hydrogen (secondary N) is 1. The van der Waals surface area contributed by atoms with Crippen LogP contribution >= 0.6 is 11.6 Å². The van der Waals surface area contributed by atoms with E-state index < -0.39 is 0 Å². The Morgan fingerprint density at radius 2 is 1.83 bits per heavy atom. The predicted octanol–water partition coefficient (Wildman–Crippen LogP) is 4.47. The summed E-state index contributed by atoms with van der Waals surface area (Å²) in [6, 6.07) is 10.7. The summed E-state index contributed by atoms with van der Waals surface area (Å²) in [6.07, 6.45) is 3.01. The Morgan fingerprint density at radius 1 is 1.09 bits per heavy atom. The minimum absolute atomic E-state index is 0.151. The molecule has 1 N–H and O–H groups in total. The van der Waals surface area contributed by atoms with Crippen LogP contribution in [0.5, 0.6) is 11.5 Å². The molecule has 0 heterocycles. The minimum atomic E-state index is -0.151. The van der Waals surface area contributed by atoms with E-state index in [4.69, 9.17) is 21.1 Å². The van der Waals surface area contributed by atoms with Gasteiger partial charge in [0.2, 0.25) is 0 Å². The first-order chi connectivity index (χ1) is 11.0. The van der Waals surface area contributed by atoms with Gasteiger partial charge in [-0.05, 0) is 42.8 Å². The van der Waals surface area contributed by atoms with Crippen LogP contribution in [0.2, 0.25) is 5.02 Å². The quantitative estimate of drug-likeness (QED) is 0.626. The van der Waals surface area contributed by atoms with Gasteiger partial charge in [-0.3, -0.25) is 4.79 Å². The Bertz CT molecular complexity index is 741. The molecule has 0 unspecified atom stereocenters. The first kappa shape index (κ1) is 16.9. The van der Waals surface area contributed by atoms with Crippen molar-refractivity contribution in [3.63, 3.8) is 0 Å². The third-order valence-corrected chi connectivity index (χ3v) is 3.59. The van der Waals surface area contributed by atoms with E-state index in [1.165, 1.54) is 13.2 Å². The summed E-state index contributed by atoms with van der Waals surface area (Å²) >= 11 is 6.09. The van der Waals surface area contributed by atoms with Gasteiger partial charge in [0.15, 0.2) is 17.3 Å². The fourth-order valence-electron chi connectivity index (χ4n) is 2.04. The van der Waals surface area contributed by atoms with Gasteiger partial charge in [-0.1, -0.05) is 17.7 Å². The van der Waals surface area contributed by atoms with Crippen molar-refractivity contribution in [3.8, 4) is 11.5 Å². The van der Waals surface area contributed by atoms with Crippen LogP contribution in [0.4, 0.5) is 5.69 Å². The number of hydrogen-bond donors (Lipinski definition) is 1. The van der Waals surface area contributed by atoms with Gasteiger partial charge in [-0.2, -0.15) is 0 Å². The Morgan fingerprint density at radius 3 is 2.52 bits per heavy atom. The summed E-state index contributed by atoms with van der Waals surface area (Å²) in [5.74, 6) is 0.946. The van der Waals surface area contributed by atoms with Crippen molar-refractivity contribution in [1.29, 1.82) is 0 Å². The van der Waals surface area contributed by atoms with Crippen LogP contribution in [0.25, 0.3) is 0 Å². The molecule has 0 aliphatic carbocycles. The minimum Gasteiger partial charge on any atom is -0.493 e. The van der Waals surface area contributed by atoms with Crippen LogP contribution < -0.4 is 14.8 Å². The number of benzene rings is 2. The monoisotopic (exact) mass is 331 g/mol. The van der Waals surface area contributed by atoms with Crippen molar-refractivity contribution in [1.82, 2.24) is 0 Å². The lowest BCUT2D eigenvalue weighted by atomic mass is 10.1. The number of anilines is 1. The fraction of sp³-hybridized carbons (Fsp3) is 0.167. The number of methoxy groups -OCH3 is 2. The summed E-state index contributed by atoms with van der Waals surface area (Å²) in [7, 11) is 3.08. The number of carbonyl (C=O) groups is 1. The highest BCUT2D eigenvalue weighted by Gasteiger charge is 2.08. The molecule has 4 nitrogen and oxygen atoms in total. The number of rotatable bonds is 6. The molecule has 0 fully saturated rings. The largest absolute Gasteiger partial charge is 0.493 e. The van der Waals surface area contributed by atoms with E-state index in [1.54, 1.807) is 31.5 Å². The average Bonchev–Trinajstić information content (AvgIpc) is 2.57. The maximum Gasteiger partial charge on any atom is 0.187 e. The van der Waals surface area contributed by atoms with Crippen molar-refractivity contribution in [2.24, 2.45) is 0 Å². The smallest absolute Gasteiger partial charge is 0.187 e.